The van der Waals surface area contributed by atoms with Gasteiger partial charge in [-0.2, -0.15) is 10.1 Å². The first-order valence-corrected chi connectivity index (χ1v) is 9.06. The summed E-state index contributed by atoms with van der Waals surface area (Å²) >= 11 is 0. The highest BCUT2D eigenvalue weighted by molar-refractivity contribution is 5.99. The van der Waals surface area contributed by atoms with E-state index >= 15 is 0 Å². The Morgan fingerprint density at radius 2 is 2.00 bits per heavy atom. The summed E-state index contributed by atoms with van der Waals surface area (Å²) in [5.74, 6) is 2.67. The van der Waals surface area contributed by atoms with Gasteiger partial charge in [0.2, 0.25) is 12.7 Å². The Morgan fingerprint density at radius 3 is 2.93 bits per heavy atom. The molecule has 3 N–H and O–H groups in total. The van der Waals surface area contributed by atoms with Crippen LogP contribution in [-0.2, 0) is 7.05 Å². The predicted octanol–water partition coefficient (Wildman–Crippen LogP) is 1.14. The standard InChI is InChI=1S/C18H21N7O2/c1-24-16(19)14-15(11-3-4-12-13(9-11)27-10-26-12)21-18(22-17(14)23-24)25-7-2-5-20-6-8-25/h3-4,9,20H,2,5-8,10,19H2,1H3. The molecule has 9 nitrogen and oxygen atoms in total. The Labute approximate surface area is 156 Å². The zero-order chi connectivity index (χ0) is 18.4. The van der Waals surface area contributed by atoms with Crippen LogP contribution >= 0.6 is 0 Å². The minimum absolute atomic E-state index is 0.235. The molecule has 1 aromatic carbocycles. The second-order valence-corrected chi connectivity index (χ2v) is 6.74. The van der Waals surface area contributed by atoms with E-state index in [-0.39, 0.29) is 6.79 Å². The van der Waals surface area contributed by atoms with Crippen molar-refractivity contribution in [1.82, 2.24) is 25.1 Å². The number of nitrogens with one attached hydrogen (secondary N) is 1. The lowest BCUT2D eigenvalue weighted by atomic mass is 10.1. The summed E-state index contributed by atoms with van der Waals surface area (Å²) in [6, 6.07) is 5.80. The van der Waals surface area contributed by atoms with Crippen molar-refractivity contribution >= 4 is 22.8 Å². The summed E-state index contributed by atoms with van der Waals surface area (Å²) in [7, 11) is 1.82. The second-order valence-electron chi connectivity index (χ2n) is 6.74. The number of nitrogens with two attached hydrogens (primary N) is 1. The minimum Gasteiger partial charge on any atom is -0.454 e. The summed E-state index contributed by atoms with van der Waals surface area (Å²) < 4.78 is 12.6. The van der Waals surface area contributed by atoms with Crippen molar-refractivity contribution in [2.45, 2.75) is 6.42 Å². The fourth-order valence-electron chi connectivity index (χ4n) is 3.54. The molecular formula is C18H21N7O2. The maximum absolute atomic E-state index is 6.28. The molecule has 5 rings (SSSR count). The molecule has 1 fully saturated rings. The van der Waals surface area contributed by atoms with Crippen molar-refractivity contribution in [1.29, 1.82) is 0 Å². The van der Waals surface area contributed by atoms with E-state index in [0.717, 1.165) is 55.0 Å². The topological polar surface area (TPSA) is 103 Å². The van der Waals surface area contributed by atoms with Gasteiger partial charge in [-0.05, 0) is 31.2 Å². The molecule has 27 heavy (non-hydrogen) atoms. The van der Waals surface area contributed by atoms with Gasteiger partial charge in [0, 0.05) is 32.2 Å². The average Bonchev–Trinajstić information content (AvgIpc) is 3.13. The van der Waals surface area contributed by atoms with Crippen molar-refractivity contribution in [2.24, 2.45) is 7.05 Å². The number of anilines is 2. The maximum atomic E-state index is 6.28. The third-order valence-corrected chi connectivity index (χ3v) is 5.00. The monoisotopic (exact) mass is 367 g/mol. The van der Waals surface area contributed by atoms with Crippen molar-refractivity contribution in [2.75, 3.05) is 43.6 Å². The van der Waals surface area contributed by atoms with E-state index in [0.29, 0.717) is 23.2 Å². The lowest BCUT2D eigenvalue weighted by molar-refractivity contribution is 0.174. The van der Waals surface area contributed by atoms with E-state index in [1.165, 1.54) is 0 Å². The molecule has 0 radical (unpaired) electrons. The third kappa shape index (κ3) is 2.71. The molecule has 3 aromatic rings. The van der Waals surface area contributed by atoms with Crippen LogP contribution in [0, 0.1) is 0 Å². The van der Waals surface area contributed by atoms with E-state index in [1.54, 1.807) is 4.68 Å². The molecule has 4 heterocycles. The lowest BCUT2D eigenvalue weighted by Crippen LogP contribution is -2.29. The van der Waals surface area contributed by atoms with Crippen molar-refractivity contribution in [3.05, 3.63) is 18.2 Å². The molecule has 0 bridgehead atoms. The SMILES string of the molecule is Cn1nc2nc(N3CCCNCC3)nc(-c3ccc4c(c3)OCO4)c2c1N. The number of ether oxygens (including phenoxy) is 2. The Kier molecular flexibility index (Phi) is 3.75. The summed E-state index contributed by atoms with van der Waals surface area (Å²) in [6.07, 6.45) is 1.05. The highest BCUT2D eigenvalue weighted by Gasteiger charge is 2.22. The van der Waals surface area contributed by atoms with Gasteiger partial charge in [-0.3, -0.25) is 4.68 Å². The van der Waals surface area contributed by atoms with Crippen molar-refractivity contribution < 1.29 is 9.47 Å². The molecule has 0 unspecified atom stereocenters. The molecular weight excluding hydrogens is 346 g/mol. The fraction of sp³-hybridized carbons (Fsp3) is 0.389. The highest BCUT2D eigenvalue weighted by Crippen LogP contribution is 2.38. The van der Waals surface area contributed by atoms with Gasteiger partial charge in [-0.25, -0.2) is 4.98 Å². The Bertz CT molecular complexity index is 1010. The van der Waals surface area contributed by atoms with Crippen LogP contribution in [0.2, 0.25) is 0 Å². The molecule has 140 valence electrons. The molecule has 0 aliphatic carbocycles. The smallest absolute Gasteiger partial charge is 0.231 e. The molecule has 0 saturated carbocycles. The fourth-order valence-corrected chi connectivity index (χ4v) is 3.54. The quantitative estimate of drug-likeness (QED) is 0.695. The van der Waals surface area contributed by atoms with E-state index in [4.69, 9.17) is 25.2 Å². The van der Waals surface area contributed by atoms with Gasteiger partial charge in [0.1, 0.15) is 5.82 Å². The number of nitrogens with zero attached hydrogens (tertiary/aromatic N) is 5. The van der Waals surface area contributed by atoms with Crippen LogP contribution in [0.15, 0.2) is 18.2 Å². The molecule has 2 aliphatic heterocycles. The van der Waals surface area contributed by atoms with Crippen LogP contribution in [0.4, 0.5) is 11.8 Å². The summed E-state index contributed by atoms with van der Waals surface area (Å²) in [6.45, 7) is 3.91. The van der Waals surface area contributed by atoms with Gasteiger partial charge < -0.3 is 25.4 Å². The predicted molar refractivity (Wildman–Crippen MR) is 102 cm³/mol. The number of hydrogen-bond donors (Lipinski definition) is 2. The first kappa shape index (κ1) is 16.1. The van der Waals surface area contributed by atoms with E-state index < -0.39 is 0 Å². The number of hydrogen-bond acceptors (Lipinski definition) is 8. The van der Waals surface area contributed by atoms with Crippen LogP contribution in [-0.4, -0.2) is 52.7 Å². The first-order valence-electron chi connectivity index (χ1n) is 9.06. The van der Waals surface area contributed by atoms with Crippen LogP contribution in [0.5, 0.6) is 11.5 Å². The zero-order valence-corrected chi connectivity index (χ0v) is 15.1. The van der Waals surface area contributed by atoms with Gasteiger partial charge in [-0.1, -0.05) is 0 Å². The molecule has 0 spiro atoms. The van der Waals surface area contributed by atoms with Crippen LogP contribution in [0.1, 0.15) is 6.42 Å². The second kappa shape index (κ2) is 6.27. The number of nitrogen functional groups attached to an aromatic ring is 1. The van der Waals surface area contributed by atoms with Crippen LogP contribution in [0.3, 0.4) is 0 Å². The zero-order valence-electron chi connectivity index (χ0n) is 15.1. The normalized spacial score (nSPS) is 16.7. The maximum Gasteiger partial charge on any atom is 0.231 e. The van der Waals surface area contributed by atoms with Crippen molar-refractivity contribution in [3.63, 3.8) is 0 Å². The van der Waals surface area contributed by atoms with Crippen LogP contribution in [0.25, 0.3) is 22.3 Å². The van der Waals surface area contributed by atoms with Gasteiger partial charge in [0.15, 0.2) is 17.1 Å². The Balaban J connectivity index is 1.69. The van der Waals surface area contributed by atoms with Gasteiger partial charge in [-0.15, -0.1) is 0 Å². The summed E-state index contributed by atoms with van der Waals surface area (Å²) in [5.41, 5.74) is 8.55. The highest BCUT2D eigenvalue weighted by atomic mass is 16.7. The third-order valence-electron chi connectivity index (χ3n) is 5.00. The number of aryl methyl sites for hydroxylation is 1. The Morgan fingerprint density at radius 1 is 1.11 bits per heavy atom. The molecule has 0 atom stereocenters. The van der Waals surface area contributed by atoms with Gasteiger partial charge >= 0.3 is 0 Å². The number of fused-ring (bicyclic) bond motifs is 2. The van der Waals surface area contributed by atoms with Gasteiger partial charge in [0.05, 0.1) is 11.1 Å². The number of benzene rings is 1. The van der Waals surface area contributed by atoms with Gasteiger partial charge in [0.25, 0.3) is 0 Å². The first-order chi connectivity index (χ1) is 13.2. The van der Waals surface area contributed by atoms with E-state index in [1.807, 2.05) is 25.2 Å². The molecule has 2 aliphatic rings. The minimum atomic E-state index is 0.235. The number of aromatic nitrogens is 4. The Hall–Kier alpha value is -3.07. The van der Waals surface area contributed by atoms with E-state index in [2.05, 4.69) is 15.3 Å². The largest absolute Gasteiger partial charge is 0.454 e. The molecule has 9 heteroatoms. The molecule has 0 amide bonds. The van der Waals surface area contributed by atoms with E-state index in [9.17, 15) is 0 Å². The lowest BCUT2D eigenvalue weighted by Gasteiger charge is -2.20. The summed E-state index contributed by atoms with van der Waals surface area (Å²) in [4.78, 5) is 11.8. The average molecular weight is 367 g/mol. The van der Waals surface area contributed by atoms with Crippen molar-refractivity contribution in [3.8, 4) is 22.8 Å². The molecule has 2 aromatic heterocycles. The molecule has 1 saturated heterocycles. The van der Waals surface area contributed by atoms with Crippen LogP contribution < -0.4 is 25.4 Å². The number of rotatable bonds is 2. The summed E-state index contributed by atoms with van der Waals surface area (Å²) in [5, 5.41) is 8.65.